The van der Waals surface area contributed by atoms with Crippen LogP contribution in [0.4, 0.5) is 5.69 Å². The summed E-state index contributed by atoms with van der Waals surface area (Å²) in [5.41, 5.74) is 0.233. The molecule has 0 fully saturated rings. The van der Waals surface area contributed by atoms with Gasteiger partial charge in [-0.2, -0.15) is 0 Å². The number of para-hydroxylation sites is 1. The van der Waals surface area contributed by atoms with E-state index in [1.165, 1.54) is 13.2 Å². The minimum Gasteiger partial charge on any atom is -0.495 e. The average Bonchev–Trinajstić information content (AvgIpc) is 2.15. The Balaban J connectivity index is 2.71. The van der Waals surface area contributed by atoms with Crippen LogP contribution in [0.1, 0.15) is 0 Å². The Bertz CT molecular complexity index is 521. The van der Waals surface area contributed by atoms with Crippen LogP contribution < -0.4 is 10.1 Å². The number of rotatable bonds is 1. The van der Waals surface area contributed by atoms with Crippen LogP contribution in [-0.4, -0.2) is 27.2 Å². The molecule has 2 rings (SSSR count). The average molecular weight is 227 g/mol. The van der Waals surface area contributed by atoms with Gasteiger partial charge in [-0.1, -0.05) is 6.07 Å². The number of hydrogen-bond donors (Lipinski definition) is 1. The fourth-order valence-electron chi connectivity index (χ4n) is 1.49. The number of carbonyl (C=O) groups excluding carboxylic acids is 1. The molecule has 1 aromatic carbocycles. The van der Waals surface area contributed by atoms with E-state index in [4.69, 9.17) is 4.74 Å². The molecular weight excluding hydrogens is 218 g/mol. The van der Waals surface area contributed by atoms with Crippen molar-refractivity contribution in [2.45, 2.75) is 4.90 Å². The first-order valence-electron chi connectivity index (χ1n) is 4.24. The largest absolute Gasteiger partial charge is 0.495 e. The van der Waals surface area contributed by atoms with E-state index in [2.05, 4.69) is 5.32 Å². The van der Waals surface area contributed by atoms with Crippen molar-refractivity contribution in [2.75, 3.05) is 18.2 Å². The summed E-state index contributed by atoms with van der Waals surface area (Å²) in [6.45, 7) is 0. The van der Waals surface area contributed by atoms with Crippen molar-refractivity contribution in [3.05, 3.63) is 18.2 Å². The van der Waals surface area contributed by atoms with E-state index >= 15 is 0 Å². The van der Waals surface area contributed by atoms with E-state index in [1.54, 1.807) is 12.1 Å². The Morgan fingerprint density at radius 2 is 2.13 bits per heavy atom. The molecule has 0 radical (unpaired) electrons. The van der Waals surface area contributed by atoms with Gasteiger partial charge < -0.3 is 10.1 Å². The van der Waals surface area contributed by atoms with Gasteiger partial charge in [-0.05, 0) is 12.1 Å². The third-order valence-corrected chi connectivity index (χ3v) is 3.78. The highest BCUT2D eigenvalue weighted by atomic mass is 32.2. The second-order valence-electron chi connectivity index (χ2n) is 3.14. The van der Waals surface area contributed by atoms with Crippen molar-refractivity contribution in [1.29, 1.82) is 0 Å². The molecule has 1 aromatic rings. The number of anilines is 1. The first kappa shape index (κ1) is 9.97. The number of methoxy groups -OCH3 is 1. The van der Waals surface area contributed by atoms with Gasteiger partial charge in [0, 0.05) is 0 Å². The summed E-state index contributed by atoms with van der Waals surface area (Å²) in [5.74, 6) is -0.691. The Morgan fingerprint density at radius 1 is 1.40 bits per heavy atom. The van der Waals surface area contributed by atoms with Gasteiger partial charge in [0.15, 0.2) is 9.84 Å². The molecule has 0 unspecified atom stereocenters. The van der Waals surface area contributed by atoms with Crippen LogP contribution >= 0.6 is 0 Å². The Kier molecular flexibility index (Phi) is 2.15. The van der Waals surface area contributed by atoms with E-state index < -0.39 is 21.5 Å². The summed E-state index contributed by atoms with van der Waals surface area (Å²) in [6, 6.07) is 4.62. The zero-order valence-corrected chi connectivity index (χ0v) is 8.80. The maximum Gasteiger partial charge on any atom is 0.240 e. The summed E-state index contributed by atoms with van der Waals surface area (Å²) in [6.07, 6.45) is 0. The SMILES string of the molecule is COc1cccc2c1NC(=O)CS2(=O)=O. The highest BCUT2D eigenvalue weighted by Gasteiger charge is 2.30. The van der Waals surface area contributed by atoms with Crippen LogP contribution in [0, 0.1) is 0 Å². The summed E-state index contributed by atoms with van der Waals surface area (Å²) in [5, 5.41) is 2.49. The van der Waals surface area contributed by atoms with Gasteiger partial charge in [-0.3, -0.25) is 4.79 Å². The van der Waals surface area contributed by atoms with Crippen molar-refractivity contribution in [2.24, 2.45) is 0 Å². The number of sulfone groups is 1. The van der Waals surface area contributed by atoms with Crippen LogP contribution in [-0.2, 0) is 14.6 Å². The Labute approximate surface area is 87.0 Å². The molecule has 0 atom stereocenters. The number of fused-ring (bicyclic) bond motifs is 1. The van der Waals surface area contributed by atoms with Crippen LogP contribution in [0.5, 0.6) is 5.75 Å². The van der Waals surface area contributed by atoms with Gasteiger partial charge in [0.2, 0.25) is 5.91 Å². The lowest BCUT2D eigenvalue weighted by molar-refractivity contribution is -0.114. The maximum atomic E-state index is 11.6. The highest BCUT2D eigenvalue weighted by Crippen LogP contribution is 2.34. The highest BCUT2D eigenvalue weighted by molar-refractivity contribution is 7.92. The van der Waals surface area contributed by atoms with E-state index in [-0.39, 0.29) is 10.6 Å². The van der Waals surface area contributed by atoms with Crippen molar-refractivity contribution in [3.8, 4) is 5.75 Å². The lowest BCUT2D eigenvalue weighted by Gasteiger charge is -2.19. The molecule has 0 aliphatic carbocycles. The van der Waals surface area contributed by atoms with Crippen molar-refractivity contribution in [1.82, 2.24) is 0 Å². The zero-order chi connectivity index (χ0) is 11.1. The van der Waals surface area contributed by atoms with E-state index in [0.29, 0.717) is 5.75 Å². The molecule has 5 nitrogen and oxygen atoms in total. The second kappa shape index (κ2) is 3.23. The molecule has 15 heavy (non-hydrogen) atoms. The molecular formula is C9H9NO4S. The maximum absolute atomic E-state index is 11.6. The first-order valence-corrected chi connectivity index (χ1v) is 5.89. The number of hydrogen-bond acceptors (Lipinski definition) is 4. The quantitative estimate of drug-likeness (QED) is 0.754. The summed E-state index contributed by atoms with van der Waals surface area (Å²) < 4.78 is 28.2. The first-order chi connectivity index (χ1) is 7.04. The molecule has 1 aliphatic heterocycles. The molecule has 0 saturated heterocycles. The summed E-state index contributed by atoms with van der Waals surface area (Å²) in [7, 11) is -2.10. The molecule has 0 bridgehead atoms. The third-order valence-electron chi connectivity index (χ3n) is 2.13. The molecule has 1 aliphatic rings. The van der Waals surface area contributed by atoms with Crippen LogP contribution in [0.15, 0.2) is 23.1 Å². The third kappa shape index (κ3) is 1.56. The number of nitrogens with one attached hydrogen (secondary N) is 1. The predicted molar refractivity (Wildman–Crippen MR) is 53.7 cm³/mol. The fourth-order valence-corrected chi connectivity index (χ4v) is 2.81. The Hall–Kier alpha value is -1.56. The summed E-state index contributed by atoms with van der Waals surface area (Å²) in [4.78, 5) is 11.3. The predicted octanol–water partition coefficient (Wildman–Crippen LogP) is 0.421. The molecule has 1 N–H and O–H groups in total. The van der Waals surface area contributed by atoms with Gasteiger partial charge in [0.05, 0.1) is 12.0 Å². The van der Waals surface area contributed by atoms with Crippen molar-refractivity contribution >= 4 is 21.4 Å². The molecule has 6 heteroatoms. The zero-order valence-electron chi connectivity index (χ0n) is 7.98. The minimum atomic E-state index is -3.52. The van der Waals surface area contributed by atoms with Gasteiger partial charge in [-0.25, -0.2) is 8.42 Å². The lowest BCUT2D eigenvalue weighted by atomic mass is 10.3. The molecule has 0 spiro atoms. The standard InChI is InChI=1S/C9H9NO4S/c1-14-6-3-2-4-7-9(6)10-8(11)5-15(7,12)13/h2-4H,5H2,1H3,(H,10,11). The smallest absolute Gasteiger partial charge is 0.240 e. The van der Waals surface area contributed by atoms with E-state index in [1.807, 2.05) is 0 Å². The van der Waals surface area contributed by atoms with Crippen LogP contribution in [0.3, 0.4) is 0 Å². The Morgan fingerprint density at radius 3 is 2.80 bits per heavy atom. The molecule has 0 saturated carbocycles. The van der Waals surface area contributed by atoms with E-state index in [0.717, 1.165) is 0 Å². The van der Waals surface area contributed by atoms with E-state index in [9.17, 15) is 13.2 Å². The van der Waals surface area contributed by atoms with Gasteiger partial charge in [0.1, 0.15) is 17.2 Å². The summed E-state index contributed by atoms with van der Waals surface area (Å²) >= 11 is 0. The van der Waals surface area contributed by atoms with Crippen molar-refractivity contribution in [3.63, 3.8) is 0 Å². The second-order valence-corrected chi connectivity index (χ2v) is 5.10. The topological polar surface area (TPSA) is 72.5 Å². The minimum absolute atomic E-state index is 0.112. The van der Waals surface area contributed by atoms with Gasteiger partial charge in [0.25, 0.3) is 0 Å². The number of ether oxygens (including phenoxy) is 1. The number of benzene rings is 1. The van der Waals surface area contributed by atoms with Crippen molar-refractivity contribution < 1.29 is 17.9 Å². The lowest BCUT2D eigenvalue weighted by Crippen LogP contribution is -2.29. The number of amides is 1. The van der Waals surface area contributed by atoms with Crippen LogP contribution in [0.2, 0.25) is 0 Å². The van der Waals surface area contributed by atoms with Gasteiger partial charge in [-0.15, -0.1) is 0 Å². The monoisotopic (exact) mass is 227 g/mol. The fraction of sp³-hybridized carbons (Fsp3) is 0.222. The number of carbonyl (C=O) groups is 1. The molecule has 0 aromatic heterocycles. The normalized spacial score (nSPS) is 17.8. The molecule has 80 valence electrons. The van der Waals surface area contributed by atoms with Gasteiger partial charge >= 0.3 is 0 Å². The molecule has 1 heterocycles. The molecule has 1 amide bonds. The van der Waals surface area contributed by atoms with Crippen LogP contribution in [0.25, 0.3) is 0 Å².